The minimum Gasteiger partial charge on any atom is -0.497 e. The quantitative estimate of drug-likeness (QED) is 0.733. The van der Waals surface area contributed by atoms with Crippen LogP contribution < -0.4 is 4.74 Å². The Balaban J connectivity index is 1.78. The third kappa shape index (κ3) is 4.22. The standard InChI is InChI=1S/C16H24O3/c1-3-4-5-6-15-11-19-16(12-18-15)13-7-9-14(17-2)10-8-13/h7-10,15-16H,3-6,11-12H2,1-2H3/t15-,16-/m1/s1. The summed E-state index contributed by atoms with van der Waals surface area (Å²) in [7, 11) is 1.68. The average Bonchev–Trinajstić information content (AvgIpc) is 2.48. The Bertz CT molecular complexity index is 353. The molecule has 0 N–H and O–H groups in total. The van der Waals surface area contributed by atoms with E-state index in [1.54, 1.807) is 7.11 Å². The molecule has 3 nitrogen and oxygen atoms in total. The van der Waals surface area contributed by atoms with Gasteiger partial charge in [0.15, 0.2) is 0 Å². The molecule has 1 aromatic rings. The highest BCUT2D eigenvalue weighted by atomic mass is 16.6. The van der Waals surface area contributed by atoms with Crippen LogP contribution in [0.25, 0.3) is 0 Å². The third-order valence-electron chi connectivity index (χ3n) is 3.58. The van der Waals surface area contributed by atoms with Crippen molar-refractivity contribution < 1.29 is 14.2 Å². The van der Waals surface area contributed by atoms with E-state index in [-0.39, 0.29) is 12.2 Å². The van der Waals surface area contributed by atoms with Gasteiger partial charge in [0.2, 0.25) is 0 Å². The molecule has 2 atom stereocenters. The fraction of sp³-hybridized carbons (Fsp3) is 0.625. The van der Waals surface area contributed by atoms with Crippen molar-refractivity contribution in [1.82, 2.24) is 0 Å². The molecule has 106 valence electrons. The van der Waals surface area contributed by atoms with E-state index < -0.39 is 0 Å². The molecule has 0 unspecified atom stereocenters. The predicted octanol–water partition coefficient (Wildman–Crippen LogP) is 3.73. The van der Waals surface area contributed by atoms with Gasteiger partial charge < -0.3 is 14.2 Å². The van der Waals surface area contributed by atoms with Gasteiger partial charge in [-0.25, -0.2) is 0 Å². The van der Waals surface area contributed by atoms with Crippen molar-refractivity contribution in [3.63, 3.8) is 0 Å². The maximum absolute atomic E-state index is 5.92. The Labute approximate surface area is 115 Å². The lowest BCUT2D eigenvalue weighted by molar-refractivity contribution is -0.137. The highest BCUT2D eigenvalue weighted by Crippen LogP contribution is 2.26. The summed E-state index contributed by atoms with van der Waals surface area (Å²) in [5.74, 6) is 0.873. The van der Waals surface area contributed by atoms with E-state index in [9.17, 15) is 0 Å². The van der Waals surface area contributed by atoms with Gasteiger partial charge in [0.1, 0.15) is 11.9 Å². The minimum absolute atomic E-state index is 0.0633. The molecule has 0 aromatic heterocycles. The van der Waals surface area contributed by atoms with E-state index in [4.69, 9.17) is 14.2 Å². The van der Waals surface area contributed by atoms with Crippen LogP contribution in [-0.2, 0) is 9.47 Å². The van der Waals surface area contributed by atoms with Crippen molar-refractivity contribution in [2.75, 3.05) is 20.3 Å². The summed E-state index contributed by atoms with van der Waals surface area (Å²) < 4.78 is 17.0. The van der Waals surface area contributed by atoms with Gasteiger partial charge in [-0.3, -0.25) is 0 Å². The van der Waals surface area contributed by atoms with Gasteiger partial charge in [0.05, 0.1) is 26.4 Å². The molecule has 19 heavy (non-hydrogen) atoms. The zero-order chi connectivity index (χ0) is 13.5. The normalized spacial score (nSPS) is 23.3. The first-order valence-corrected chi connectivity index (χ1v) is 7.20. The molecular weight excluding hydrogens is 240 g/mol. The monoisotopic (exact) mass is 264 g/mol. The van der Waals surface area contributed by atoms with Crippen molar-refractivity contribution >= 4 is 0 Å². The van der Waals surface area contributed by atoms with Gasteiger partial charge >= 0.3 is 0 Å². The molecule has 2 rings (SSSR count). The van der Waals surface area contributed by atoms with Crippen LogP contribution in [0.15, 0.2) is 24.3 Å². The first-order valence-electron chi connectivity index (χ1n) is 7.20. The first-order chi connectivity index (χ1) is 9.33. The van der Waals surface area contributed by atoms with Gasteiger partial charge in [-0.2, -0.15) is 0 Å². The van der Waals surface area contributed by atoms with Crippen LogP contribution >= 0.6 is 0 Å². The van der Waals surface area contributed by atoms with E-state index in [2.05, 4.69) is 6.92 Å². The van der Waals surface area contributed by atoms with Crippen LogP contribution in [0.3, 0.4) is 0 Å². The fourth-order valence-corrected chi connectivity index (χ4v) is 2.34. The molecule has 1 fully saturated rings. The second-order valence-corrected chi connectivity index (χ2v) is 5.05. The Morgan fingerprint density at radius 2 is 1.89 bits per heavy atom. The smallest absolute Gasteiger partial charge is 0.118 e. The van der Waals surface area contributed by atoms with Crippen LogP contribution in [0.2, 0.25) is 0 Å². The van der Waals surface area contributed by atoms with Gasteiger partial charge in [-0.15, -0.1) is 0 Å². The average molecular weight is 264 g/mol. The zero-order valence-corrected chi connectivity index (χ0v) is 11.9. The lowest BCUT2D eigenvalue weighted by Gasteiger charge is -2.30. The Kier molecular flexibility index (Phi) is 5.67. The van der Waals surface area contributed by atoms with E-state index in [0.717, 1.165) is 17.7 Å². The highest BCUT2D eigenvalue weighted by molar-refractivity contribution is 5.28. The Hall–Kier alpha value is -1.06. The molecule has 1 aromatic carbocycles. The number of rotatable bonds is 6. The molecule has 1 aliphatic rings. The van der Waals surface area contributed by atoms with Crippen molar-refractivity contribution in [3.8, 4) is 5.75 Å². The second kappa shape index (κ2) is 7.51. The number of unbranched alkanes of at least 4 members (excludes halogenated alkanes) is 2. The summed E-state index contributed by atoms with van der Waals surface area (Å²) in [4.78, 5) is 0. The molecule has 0 radical (unpaired) electrons. The molecule has 0 bridgehead atoms. The molecule has 3 heteroatoms. The van der Waals surface area contributed by atoms with Crippen molar-refractivity contribution in [3.05, 3.63) is 29.8 Å². The maximum Gasteiger partial charge on any atom is 0.118 e. The largest absolute Gasteiger partial charge is 0.497 e. The zero-order valence-electron chi connectivity index (χ0n) is 11.9. The number of hydrogen-bond donors (Lipinski definition) is 0. The molecular formula is C16H24O3. The number of ether oxygens (including phenoxy) is 3. The van der Waals surface area contributed by atoms with Crippen LogP contribution in [0, 0.1) is 0 Å². The molecule has 0 aliphatic carbocycles. The van der Waals surface area contributed by atoms with Crippen molar-refractivity contribution in [1.29, 1.82) is 0 Å². The number of methoxy groups -OCH3 is 1. The molecule has 0 saturated carbocycles. The molecule has 1 saturated heterocycles. The minimum atomic E-state index is 0.0633. The van der Waals surface area contributed by atoms with E-state index in [1.807, 2.05) is 24.3 Å². The summed E-state index contributed by atoms with van der Waals surface area (Å²) in [6.07, 6.45) is 5.22. The predicted molar refractivity (Wildman–Crippen MR) is 75.6 cm³/mol. The summed E-state index contributed by atoms with van der Waals surface area (Å²) in [5, 5.41) is 0. The van der Waals surface area contributed by atoms with Crippen LogP contribution in [0.5, 0.6) is 5.75 Å². The van der Waals surface area contributed by atoms with Gasteiger partial charge in [-0.1, -0.05) is 38.3 Å². The van der Waals surface area contributed by atoms with Crippen molar-refractivity contribution in [2.45, 2.75) is 44.8 Å². The fourth-order valence-electron chi connectivity index (χ4n) is 2.34. The van der Waals surface area contributed by atoms with Crippen LogP contribution in [-0.4, -0.2) is 26.4 Å². The number of benzene rings is 1. The third-order valence-corrected chi connectivity index (χ3v) is 3.58. The SMILES string of the molecule is CCCCC[C@@H]1CO[C@@H](c2ccc(OC)cc2)CO1. The van der Waals surface area contributed by atoms with Gasteiger partial charge in [-0.05, 0) is 24.1 Å². The maximum atomic E-state index is 5.92. The molecule has 0 amide bonds. The summed E-state index contributed by atoms with van der Waals surface area (Å²) in [6, 6.07) is 8.02. The second-order valence-electron chi connectivity index (χ2n) is 5.05. The lowest BCUT2D eigenvalue weighted by Crippen LogP contribution is -2.31. The van der Waals surface area contributed by atoms with Gasteiger partial charge in [0, 0.05) is 0 Å². The number of hydrogen-bond acceptors (Lipinski definition) is 3. The molecule has 0 spiro atoms. The Morgan fingerprint density at radius 1 is 1.11 bits per heavy atom. The highest BCUT2D eigenvalue weighted by Gasteiger charge is 2.23. The molecule has 1 heterocycles. The Morgan fingerprint density at radius 3 is 2.47 bits per heavy atom. The van der Waals surface area contributed by atoms with E-state index >= 15 is 0 Å². The first kappa shape index (κ1) is 14.4. The van der Waals surface area contributed by atoms with Crippen molar-refractivity contribution in [2.24, 2.45) is 0 Å². The molecule has 1 aliphatic heterocycles. The van der Waals surface area contributed by atoms with E-state index in [1.165, 1.54) is 19.3 Å². The lowest BCUT2D eigenvalue weighted by atomic mass is 10.1. The summed E-state index contributed by atoms with van der Waals surface area (Å²) in [6.45, 7) is 3.58. The summed E-state index contributed by atoms with van der Waals surface area (Å²) >= 11 is 0. The van der Waals surface area contributed by atoms with Crippen LogP contribution in [0.4, 0.5) is 0 Å². The van der Waals surface area contributed by atoms with Crippen LogP contribution in [0.1, 0.15) is 44.3 Å². The van der Waals surface area contributed by atoms with E-state index in [0.29, 0.717) is 13.2 Å². The summed E-state index contributed by atoms with van der Waals surface area (Å²) in [5.41, 5.74) is 1.16. The van der Waals surface area contributed by atoms with Gasteiger partial charge in [0.25, 0.3) is 0 Å². The topological polar surface area (TPSA) is 27.7 Å².